The topological polar surface area (TPSA) is 125 Å². The lowest BCUT2D eigenvalue weighted by Gasteiger charge is -2.35. The number of hydrogen-bond acceptors (Lipinski definition) is 7. The fourth-order valence-electron chi connectivity index (χ4n) is 6.49. The maximum absolute atomic E-state index is 16.3. The van der Waals surface area contributed by atoms with Crippen LogP contribution < -0.4 is 10.6 Å². The number of hydrogen-bond donors (Lipinski definition) is 2. The van der Waals surface area contributed by atoms with Crippen LogP contribution in [0.25, 0.3) is 16.8 Å². The molecule has 2 N–H and O–H groups in total. The van der Waals surface area contributed by atoms with Gasteiger partial charge in [0.05, 0.1) is 23.6 Å². The number of halogens is 1. The molecule has 48 heavy (non-hydrogen) atoms. The first-order chi connectivity index (χ1) is 23.2. The van der Waals surface area contributed by atoms with Gasteiger partial charge in [-0.1, -0.05) is 24.3 Å². The van der Waals surface area contributed by atoms with Gasteiger partial charge in [0.2, 0.25) is 5.91 Å². The molecule has 3 aromatic heterocycles. The molecular weight excluding hydrogens is 611 g/mol. The van der Waals surface area contributed by atoms with Crippen molar-refractivity contribution in [1.29, 1.82) is 0 Å². The molecule has 2 fully saturated rings. The van der Waals surface area contributed by atoms with E-state index in [1.54, 1.807) is 84.4 Å². The Hall–Kier alpha value is -5.65. The van der Waals surface area contributed by atoms with Gasteiger partial charge in [-0.3, -0.25) is 14.4 Å². The SMILES string of the molecule is CN(C)C(=O)c1cccc(CN2CC3(CC3)c3cc(-c4cccc(Nc5cc(NC(=O)C6CC6)nn6ccnc56)c4F)ccc3C2=O)n1. The minimum atomic E-state index is -0.450. The van der Waals surface area contributed by atoms with E-state index < -0.39 is 5.82 Å². The number of carbonyl (C=O) groups excluding carboxylic acids is 3. The van der Waals surface area contributed by atoms with Crippen molar-refractivity contribution >= 4 is 40.6 Å². The predicted octanol–water partition coefficient (Wildman–Crippen LogP) is 5.41. The van der Waals surface area contributed by atoms with E-state index in [4.69, 9.17) is 0 Å². The summed E-state index contributed by atoms with van der Waals surface area (Å²) in [4.78, 5) is 50.8. The standard InChI is InChI=1S/C36H33FN8O3/c1-43(2)35(48)28-8-3-5-23(39-28)19-44-20-36(13-14-36)26-17-22(11-12-25(26)34(44)47)24-6-4-7-27(31(24)37)40-29-18-30(41-33(46)21-9-10-21)42-45-16-15-38-32(29)45/h3-8,11-12,15-18,21,40H,9-10,13-14,19-20H2,1-2H3,(H,41,42,46). The first-order valence-electron chi connectivity index (χ1n) is 16.0. The Morgan fingerprint density at radius 1 is 1.02 bits per heavy atom. The summed E-state index contributed by atoms with van der Waals surface area (Å²) in [5.74, 6) is -0.468. The Morgan fingerprint density at radius 3 is 2.60 bits per heavy atom. The van der Waals surface area contributed by atoms with E-state index in [0.717, 1.165) is 31.2 Å². The smallest absolute Gasteiger partial charge is 0.271 e. The van der Waals surface area contributed by atoms with Gasteiger partial charge in [0.1, 0.15) is 5.69 Å². The quantitative estimate of drug-likeness (QED) is 0.231. The molecule has 0 saturated heterocycles. The number of nitrogens with one attached hydrogen (secondary N) is 2. The second kappa shape index (κ2) is 11.3. The van der Waals surface area contributed by atoms with E-state index in [0.29, 0.717) is 58.3 Å². The van der Waals surface area contributed by atoms with Crippen molar-refractivity contribution in [3.05, 3.63) is 101 Å². The van der Waals surface area contributed by atoms with E-state index in [2.05, 4.69) is 25.7 Å². The van der Waals surface area contributed by atoms with Gasteiger partial charge in [0, 0.05) is 61.6 Å². The summed E-state index contributed by atoms with van der Waals surface area (Å²) in [5, 5.41) is 10.5. The molecule has 12 heteroatoms. The van der Waals surface area contributed by atoms with E-state index >= 15 is 4.39 Å². The van der Waals surface area contributed by atoms with Crippen molar-refractivity contribution in [2.45, 2.75) is 37.6 Å². The lowest BCUT2D eigenvalue weighted by molar-refractivity contribution is -0.117. The van der Waals surface area contributed by atoms with Crippen molar-refractivity contribution in [3.63, 3.8) is 0 Å². The van der Waals surface area contributed by atoms with Crippen LogP contribution in [0.2, 0.25) is 0 Å². The van der Waals surface area contributed by atoms with E-state index in [1.165, 1.54) is 4.90 Å². The van der Waals surface area contributed by atoms with E-state index in [9.17, 15) is 14.4 Å². The van der Waals surface area contributed by atoms with Gasteiger partial charge in [-0.2, -0.15) is 0 Å². The molecule has 0 bridgehead atoms. The molecule has 2 aliphatic carbocycles. The third-order valence-corrected chi connectivity index (χ3v) is 9.38. The van der Waals surface area contributed by atoms with Crippen LogP contribution in [0, 0.1) is 11.7 Å². The van der Waals surface area contributed by atoms with Gasteiger partial charge < -0.3 is 20.4 Å². The maximum atomic E-state index is 16.3. The molecule has 5 aromatic rings. The third-order valence-electron chi connectivity index (χ3n) is 9.38. The summed E-state index contributed by atoms with van der Waals surface area (Å²) >= 11 is 0. The molecule has 1 aliphatic heterocycles. The molecule has 8 rings (SSSR count). The summed E-state index contributed by atoms with van der Waals surface area (Å²) < 4.78 is 17.8. The molecule has 3 amide bonds. The first-order valence-corrected chi connectivity index (χ1v) is 16.0. The van der Waals surface area contributed by atoms with Crippen molar-refractivity contribution in [3.8, 4) is 11.1 Å². The molecule has 2 saturated carbocycles. The van der Waals surface area contributed by atoms with E-state index in [-0.39, 0.29) is 34.7 Å². The van der Waals surface area contributed by atoms with Gasteiger partial charge in [-0.15, -0.1) is 5.10 Å². The number of fused-ring (bicyclic) bond motifs is 3. The number of benzene rings is 2. The van der Waals surface area contributed by atoms with Crippen LogP contribution in [-0.4, -0.2) is 67.7 Å². The Labute approximate surface area is 275 Å². The third kappa shape index (κ3) is 5.32. The highest BCUT2D eigenvalue weighted by molar-refractivity contribution is 5.99. The summed E-state index contributed by atoms with van der Waals surface area (Å²) in [6.07, 6.45) is 6.84. The average Bonchev–Trinajstić information content (AvgIpc) is 4.02. The van der Waals surface area contributed by atoms with Gasteiger partial charge in [0.15, 0.2) is 17.3 Å². The summed E-state index contributed by atoms with van der Waals surface area (Å²) in [6.45, 7) is 0.825. The number of amides is 3. The van der Waals surface area contributed by atoms with Crippen LogP contribution in [0.1, 0.15) is 57.8 Å². The van der Waals surface area contributed by atoms with Crippen LogP contribution >= 0.6 is 0 Å². The molecule has 4 heterocycles. The molecular formula is C36H33FN8O3. The highest BCUT2D eigenvalue weighted by Crippen LogP contribution is 2.53. The van der Waals surface area contributed by atoms with Crippen LogP contribution in [0.4, 0.5) is 21.6 Å². The number of rotatable bonds is 8. The zero-order valence-electron chi connectivity index (χ0n) is 26.5. The number of imidazole rings is 1. The summed E-state index contributed by atoms with van der Waals surface area (Å²) in [7, 11) is 3.36. The Bertz CT molecular complexity index is 2140. The Balaban J connectivity index is 1.07. The highest BCUT2D eigenvalue weighted by atomic mass is 19.1. The molecule has 0 atom stereocenters. The monoisotopic (exact) mass is 644 g/mol. The van der Waals surface area contributed by atoms with Crippen molar-refractivity contribution in [2.24, 2.45) is 5.92 Å². The van der Waals surface area contributed by atoms with Crippen LogP contribution in [0.15, 0.2) is 73.1 Å². The molecule has 1 spiro atoms. The van der Waals surface area contributed by atoms with Crippen molar-refractivity contribution in [2.75, 3.05) is 31.3 Å². The number of carbonyl (C=O) groups is 3. The fraction of sp³-hybridized carbons (Fsp3) is 0.278. The van der Waals surface area contributed by atoms with Crippen molar-refractivity contribution < 1.29 is 18.8 Å². The van der Waals surface area contributed by atoms with Crippen LogP contribution in [-0.2, 0) is 16.8 Å². The molecule has 0 radical (unpaired) electrons. The minimum absolute atomic E-state index is 0.00896. The van der Waals surface area contributed by atoms with Crippen LogP contribution in [0.3, 0.4) is 0 Å². The predicted molar refractivity (Wildman–Crippen MR) is 177 cm³/mol. The maximum Gasteiger partial charge on any atom is 0.271 e. The molecule has 0 unspecified atom stereocenters. The molecule has 2 aromatic carbocycles. The Kier molecular flexibility index (Phi) is 6.97. The van der Waals surface area contributed by atoms with E-state index in [1.807, 2.05) is 12.1 Å². The fourth-order valence-corrected chi connectivity index (χ4v) is 6.49. The highest BCUT2D eigenvalue weighted by Gasteiger charge is 2.51. The summed E-state index contributed by atoms with van der Waals surface area (Å²) in [6, 6.07) is 17.7. The van der Waals surface area contributed by atoms with Gasteiger partial charge in [-0.05, 0) is 67.1 Å². The number of nitrogens with zero attached hydrogens (tertiary/aromatic N) is 6. The largest absolute Gasteiger partial charge is 0.350 e. The van der Waals surface area contributed by atoms with Gasteiger partial charge in [0.25, 0.3) is 11.8 Å². The second-order valence-electron chi connectivity index (χ2n) is 13.1. The molecule has 3 aliphatic rings. The number of pyridine rings is 1. The van der Waals surface area contributed by atoms with Crippen LogP contribution in [0.5, 0.6) is 0 Å². The van der Waals surface area contributed by atoms with Gasteiger partial charge in [-0.25, -0.2) is 18.9 Å². The lowest BCUT2D eigenvalue weighted by Crippen LogP contribution is -2.43. The second-order valence-corrected chi connectivity index (χ2v) is 13.1. The number of aromatic nitrogens is 4. The first kappa shape index (κ1) is 29.7. The molecule has 242 valence electrons. The normalized spacial score (nSPS) is 16.1. The zero-order chi connectivity index (χ0) is 33.2. The van der Waals surface area contributed by atoms with Crippen molar-refractivity contribution in [1.82, 2.24) is 29.4 Å². The average molecular weight is 645 g/mol. The summed E-state index contributed by atoms with van der Waals surface area (Å²) in [5.41, 5.74) is 4.64. The Morgan fingerprint density at radius 2 is 1.83 bits per heavy atom. The zero-order valence-corrected chi connectivity index (χ0v) is 26.5. The lowest BCUT2D eigenvalue weighted by atomic mass is 9.84. The number of anilines is 3. The van der Waals surface area contributed by atoms with Gasteiger partial charge >= 0.3 is 0 Å². The molecule has 11 nitrogen and oxygen atoms in total. The minimum Gasteiger partial charge on any atom is -0.350 e.